The zero-order valence-corrected chi connectivity index (χ0v) is 9.77. The molecule has 2 rings (SSSR count). The topological polar surface area (TPSA) is 44.5 Å². The van der Waals surface area contributed by atoms with Crippen molar-refractivity contribution in [3.63, 3.8) is 0 Å². The van der Waals surface area contributed by atoms with Gasteiger partial charge in [-0.25, -0.2) is 4.39 Å². The normalized spacial score (nSPS) is 21.6. The first-order chi connectivity index (χ1) is 8.25. The van der Waals surface area contributed by atoms with E-state index >= 15 is 0 Å². The first-order valence-corrected chi connectivity index (χ1v) is 5.96. The van der Waals surface area contributed by atoms with Gasteiger partial charge < -0.3 is 15.2 Å². The van der Waals surface area contributed by atoms with E-state index in [1.807, 2.05) is 6.07 Å². The lowest BCUT2D eigenvalue weighted by molar-refractivity contribution is 0.0129. The van der Waals surface area contributed by atoms with Gasteiger partial charge in [-0.15, -0.1) is 0 Å². The molecule has 17 heavy (non-hydrogen) atoms. The molecule has 1 aromatic rings. The number of rotatable bonds is 5. The second-order valence-corrected chi connectivity index (χ2v) is 4.33. The lowest BCUT2D eigenvalue weighted by atomic mass is 10.1. The summed E-state index contributed by atoms with van der Waals surface area (Å²) >= 11 is 0. The quantitative estimate of drug-likeness (QED) is 0.855. The lowest BCUT2D eigenvalue weighted by Gasteiger charge is -2.15. The first-order valence-electron chi connectivity index (χ1n) is 5.96. The van der Waals surface area contributed by atoms with Crippen LogP contribution in [-0.2, 0) is 9.47 Å². The SMILES string of the molecule is NC(COCC1CCCO1)c1cccc(F)c1. The Bertz CT molecular complexity index is 353. The van der Waals surface area contributed by atoms with Crippen LogP contribution in [0.2, 0.25) is 0 Å². The van der Waals surface area contributed by atoms with Gasteiger partial charge in [0.2, 0.25) is 0 Å². The van der Waals surface area contributed by atoms with Gasteiger partial charge in [0.1, 0.15) is 5.82 Å². The summed E-state index contributed by atoms with van der Waals surface area (Å²) in [5.74, 6) is -0.267. The Balaban J connectivity index is 1.74. The van der Waals surface area contributed by atoms with E-state index in [2.05, 4.69) is 0 Å². The highest BCUT2D eigenvalue weighted by molar-refractivity contribution is 5.19. The molecule has 0 spiro atoms. The Morgan fingerprint density at radius 2 is 2.41 bits per heavy atom. The zero-order chi connectivity index (χ0) is 12.1. The van der Waals surface area contributed by atoms with Crippen LogP contribution in [0.5, 0.6) is 0 Å². The average molecular weight is 239 g/mol. The first kappa shape index (κ1) is 12.5. The fourth-order valence-corrected chi connectivity index (χ4v) is 1.94. The highest BCUT2D eigenvalue weighted by Crippen LogP contribution is 2.15. The molecular formula is C13H18FNO2. The van der Waals surface area contributed by atoms with E-state index in [9.17, 15) is 4.39 Å². The highest BCUT2D eigenvalue weighted by atomic mass is 19.1. The molecular weight excluding hydrogens is 221 g/mol. The van der Waals surface area contributed by atoms with Crippen LogP contribution in [-0.4, -0.2) is 25.9 Å². The van der Waals surface area contributed by atoms with Crippen molar-refractivity contribution in [2.24, 2.45) is 5.73 Å². The molecule has 0 aliphatic carbocycles. The molecule has 2 unspecified atom stereocenters. The minimum Gasteiger partial charge on any atom is -0.377 e. The second kappa shape index (κ2) is 6.10. The minimum atomic E-state index is -0.285. The smallest absolute Gasteiger partial charge is 0.123 e. The zero-order valence-electron chi connectivity index (χ0n) is 9.77. The summed E-state index contributed by atoms with van der Waals surface area (Å²) in [6.07, 6.45) is 2.36. The molecule has 1 aliphatic heterocycles. The van der Waals surface area contributed by atoms with Gasteiger partial charge in [0.05, 0.1) is 25.4 Å². The number of halogens is 1. The van der Waals surface area contributed by atoms with Crippen LogP contribution in [0.1, 0.15) is 24.4 Å². The Labute approximate surface area is 101 Å². The van der Waals surface area contributed by atoms with Gasteiger partial charge in [0, 0.05) is 6.61 Å². The number of nitrogens with two attached hydrogens (primary N) is 1. The van der Waals surface area contributed by atoms with E-state index in [4.69, 9.17) is 15.2 Å². The van der Waals surface area contributed by atoms with Gasteiger partial charge in [-0.05, 0) is 30.5 Å². The Kier molecular flexibility index (Phi) is 4.48. The number of hydrogen-bond donors (Lipinski definition) is 1. The lowest BCUT2D eigenvalue weighted by Crippen LogP contribution is -2.21. The molecule has 1 fully saturated rings. The van der Waals surface area contributed by atoms with Gasteiger partial charge in [0.25, 0.3) is 0 Å². The molecule has 1 saturated heterocycles. The Morgan fingerprint density at radius 3 is 3.12 bits per heavy atom. The fraction of sp³-hybridized carbons (Fsp3) is 0.538. The summed E-state index contributed by atoms with van der Waals surface area (Å²) in [7, 11) is 0. The van der Waals surface area contributed by atoms with E-state index in [1.165, 1.54) is 12.1 Å². The van der Waals surface area contributed by atoms with Gasteiger partial charge in [-0.2, -0.15) is 0 Å². The van der Waals surface area contributed by atoms with E-state index in [0.29, 0.717) is 13.2 Å². The summed E-state index contributed by atoms with van der Waals surface area (Å²) in [5.41, 5.74) is 6.68. The van der Waals surface area contributed by atoms with Crippen molar-refractivity contribution in [2.45, 2.75) is 25.0 Å². The molecule has 0 aromatic heterocycles. The number of ether oxygens (including phenoxy) is 2. The van der Waals surface area contributed by atoms with Crippen LogP contribution < -0.4 is 5.73 Å². The van der Waals surface area contributed by atoms with Crippen LogP contribution in [0.3, 0.4) is 0 Å². The van der Waals surface area contributed by atoms with Crippen molar-refractivity contribution in [3.8, 4) is 0 Å². The summed E-state index contributed by atoms with van der Waals surface area (Å²) in [5, 5.41) is 0. The van der Waals surface area contributed by atoms with E-state index in [1.54, 1.807) is 6.07 Å². The van der Waals surface area contributed by atoms with Gasteiger partial charge >= 0.3 is 0 Å². The van der Waals surface area contributed by atoms with Crippen LogP contribution >= 0.6 is 0 Å². The van der Waals surface area contributed by atoms with Crippen molar-refractivity contribution in [1.29, 1.82) is 0 Å². The van der Waals surface area contributed by atoms with Crippen molar-refractivity contribution < 1.29 is 13.9 Å². The molecule has 0 amide bonds. The molecule has 2 atom stereocenters. The van der Waals surface area contributed by atoms with Crippen LogP contribution in [0.25, 0.3) is 0 Å². The predicted octanol–water partition coefficient (Wildman–Crippen LogP) is 2.02. The predicted molar refractivity (Wildman–Crippen MR) is 63.1 cm³/mol. The van der Waals surface area contributed by atoms with E-state index < -0.39 is 0 Å². The molecule has 1 aliphatic rings. The molecule has 3 nitrogen and oxygen atoms in total. The molecule has 0 saturated carbocycles. The van der Waals surface area contributed by atoms with E-state index in [0.717, 1.165) is 25.0 Å². The van der Waals surface area contributed by atoms with Crippen molar-refractivity contribution >= 4 is 0 Å². The van der Waals surface area contributed by atoms with Gasteiger partial charge in [-0.1, -0.05) is 12.1 Å². The highest BCUT2D eigenvalue weighted by Gasteiger charge is 2.16. The third-order valence-electron chi connectivity index (χ3n) is 2.90. The summed E-state index contributed by atoms with van der Waals surface area (Å²) in [6.45, 7) is 1.79. The molecule has 0 radical (unpaired) electrons. The monoisotopic (exact) mass is 239 g/mol. The molecule has 2 N–H and O–H groups in total. The maximum Gasteiger partial charge on any atom is 0.123 e. The number of benzene rings is 1. The van der Waals surface area contributed by atoms with Crippen LogP contribution in [0.15, 0.2) is 24.3 Å². The third kappa shape index (κ3) is 3.77. The minimum absolute atomic E-state index is 0.203. The maximum absolute atomic E-state index is 13.0. The fourth-order valence-electron chi connectivity index (χ4n) is 1.94. The van der Waals surface area contributed by atoms with Crippen molar-refractivity contribution in [3.05, 3.63) is 35.6 Å². The third-order valence-corrected chi connectivity index (χ3v) is 2.90. The largest absolute Gasteiger partial charge is 0.377 e. The maximum atomic E-state index is 13.0. The molecule has 94 valence electrons. The van der Waals surface area contributed by atoms with Crippen molar-refractivity contribution in [1.82, 2.24) is 0 Å². The Morgan fingerprint density at radius 1 is 1.53 bits per heavy atom. The van der Waals surface area contributed by atoms with Gasteiger partial charge in [0.15, 0.2) is 0 Å². The molecule has 0 bridgehead atoms. The van der Waals surface area contributed by atoms with E-state index in [-0.39, 0.29) is 18.0 Å². The number of hydrogen-bond acceptors (Lipinski definition) is 3. The van der Waals surface area contributed by atoms with Crippen LogP contribution in [0, 0.1) is 5.82 Å². The summed E-state index contributed by atoms with van der Waals surface area (Å²) in [4.78, 5) is 0. The summed E-state index contributed by atoms with van der Waals surface area (Å²) < 4.78 is 23.9. The molecule has 4 heteroatoms. The second-order valence-electron chi connectivity index (χ2n) is 4.33. The van der Waals surface area contributed by atoms with Crippen LogP contribution in [0.4, 0.5) is 4.39 Å². The van der Waals surface area contributed by atoms with Crippen molar-refractivity contribution in [2.75, 3.05) is 19.8 Å². The Hall–Kier alpha value is -0.970. The average Bonchev–Trinajstić information content (AvgIpc) is 2.82. The summed E-state index contributed by atoms with van der Waals surface area (Å²) in [6, 6.07) is 6.03. The molecule has 1 heterocycles. The molecule has 1 aromatic carbocycles. The van der Waals surface area contributed by atoms with Gasteiger partial charge in [-0.3, -0.25) is 0 Å². The standard InChI is InChI=1S/C13H18FNO2/c14-11-4-1-3-10(7-11)13(15)9-16-8-12-5-2-6-17-12/h1,3-4,7,12-13H,2,5-6,8-9,15H2.